The van der Waals surface area contributed by atoms with E-state index in [2.05, 4.69) is 20.4 Å². The van der Waals surface area contributed by atoms with Crippen LogP contribution in [0.5, 0.6) is 0 Å². The molecule has 2 aromatic rings. The van der Waals surface area contributed by atoms with Crippen molar-refractivity contribution in [2.75, 3.05) is 39.8 Å². The number of benzene rings is 1. The molecule has 27 heavy (non-hydrogen) atoms. The lowest BCUT2D eigenvalue weighted by molar-refractivity contribution is 0.190. The largest absolute Gasteiger partial charge is 0.334 e. The van der Waals surface area contributed by atoms with Gasteiger partial charge < -0.3 is 9.84 Å². The number of sulfonamides is 1. The van der Waals surface area contributed by atoms with Crippen molar-refractivity contribution in [1.29, 1.82) is 0 Å². The lowest BCUT2D eigenvalue weighted by atomic mass is 10.2. The highest BCUT2D eigenvalue weighted by Crippen LogP contribution is 2.28. The standard InChI is InChI=1S/C17H22FN5O3S/c1-22-9-6-19-11-14(22)16-20-17(26-21-16)12-4-5-13(18)15(10-12)27(24,25)23-7-2-3-8-23/h4-5,10,14,19H,2-3,6-9,11H2,1H3. The highest BCUT2D eigenvalue weighted by molar-refractivity contribution is 7.89. The third-order valence-electron chi connectivity index (χ3n) is 5.11. The summed E-state index contributed by atoms with van der Waals surface area (Å²) in [6, 6.07) is 3.85. The van der Waals surface area contributed by atoms with E-state index in [0.29, 0.717) is 31.0 Å². The maximum atomic E-state index is 14.3. The topological polar surface area (TPSA) is 91.6 Å². The average molecular weight is 395 g/mol. The molecular weight excluding hydrogens is 373 g/mol. The second-order valence-corrected chi connectivity index (χ2v) is 8.82. The van der Waals surface area contributed by atoms with Crippen molar-refractivity contribution in [2.45, 2.75) is 23.8 Å². The van der Waals surface area contributed by atoms with Crippen LogP contribution in [0.4, 0.5) is 4.39 Å². The minimum absolute atomic E-state index is 0.0236. The Kier molecular flexibility index (Phi) is 4.97. The summed E-state index contributed by atoms with van der Waals surface area (Å²) in [6.45, 7) is 3.29. The van der Waals surface area contributed by atoms with Gasteiger partial charge in [-0.25, -0.2) is 12.8 Å². The Morgan fingerprint density at radius 1 is 1.26 bits per heavy atom. The number of likely N-dealkylation sites (N-methyl/N-ethyl adjacent to an activating group) is 1. The maximum Gasteiger partial charge on any atom is 0.258 e. The van der Waals surface area contributed by atoms with Gasteiger partial charge in [-0.05, 0) is 38.1 Å². The van der Waals surface area contributed by atoms with Gasteiger partial charge in [0.05, 0.1) is 6.04 Å². The van der Waals surface area contributed by atoms with E-state index in [1.54, 1.807) is 0 Å². The average Bonchev–Trinajstić information content (AvgIpc) is 3.35. The molecule has 10 heteroatoms. The molecule has 1 atom stereocenters. The van der Waals surface area contributed by atoms with Crippen LogP contribution < -0.4 is 5.32 Å². The molecule has 1 N–H and O–H groups in total. The van der Waals surface area contributed by atoms with Crippen LogP contribution in [-0.4, -0.2) is 67.5 Å². The molecular formula is C17H22FN5O3S. The van der Waals surface area contributed by atoms with Crippen LogP contribution in [0.2, 0.25) is 0 Å². The molecule has 146 valence electrons. The van der Waals surface area contributed by atoms with Crippen molar-refractivity contribution in [3.63, 3.8) is 0 Å². The zero-order valence-electron chi connectivity index (χ0n) is 15.1. The van der Waals surface area contributed by atoms with E-state index < -0.39 is 15.8 Å². The van der Waals surface area contributed by atoms with Gasteiger partial charge in [0.1, 0.15) is 10.7 Å². The van der Waals surface area contributed by atoms with E-state index in [-0.39, 0.29) is 16.8 Å². The van der Waals surface area contributed by atoms with E-state index in [9.17, 15) is 12.8 Å². The molecule has 0 radical (unpaired) electrons. The van der Waals surface area contributed by atoms with Crippen molar-refractivity contribution in [3.8, 4) is 11.5 Å². The number of rotatable bonds is 4. The molecule has 0 spiro atoms. The van der Waals surface area contributed by atoms with E-state index in [1.165, 1.54) is 16.4 Å². The van der Waals surface area contributed by atoms with Crippen molar-refractivity contribution in [2.24, 2.45) is 0 Å². The monoisotopic (exact) mass is 395 g/mol. The first kappa shape index (κ1) is 18.5. The van der Waals surface area contributed by atoms with Crippen molar-refractivity contribution < 1.29 is 17.3 Å². The summed E-state index contributed by atoms with van der Waals surface area (Å²) in [4.78, 5) is 6.19. The van der Waals surface area contributed by atoms with Gasteiger partial charge in [0.25, 0.3) is 5.89 Å². The molecule has 1 aromatic carbocycles. The molecule has 4 rings (SSSR count). The Balaban J connectivity index is 1.65. The van der Waals surface area contributed by atoms with Crippen molar-refractivity contribution >= 4 is 10.0 Å². The highest BCUT2D eigenvalue weighted by atomic mass is 32.2. The molecule has 2 fully saturated rings. The fraction of sp³-hybridized carbons (Fsp3) is 0.529. The summed E-state index contributed by atoms with van der Waals surface area (Å²) < 4.78 is 46.4. The van der Waals surface area contributed by atoms with Crippen LogP contribution in [0, 0.1) is 5.82 Å². The first-order valence-electron chi connectivity index (χ1n) is 9.01. The normalized spacial score (nSPS) is 22.4. The van der Waals surface area contributed by atoms with Crippen molar-refractivity contribution in [3.05, 3.63) is 29.8 Å². The highest BCUT2D eigenvalue weighted by Gasteiger charge is 2.31. The molecule has 8 nitrogen and oxygen atoms in total. The van der Waals surface area contributed by atoms with Crippen LogP contribution in [-0.2, 0) is 10.0 Å². The van der Waals surface area contributed by atoms with Gasteiger partial charge >= 0.3 is 0 Å². The number of nitrogens with zero attached hydrogens (tertiary/aromatic N) is 4. The van der Waals surface area contributed by atoms with E-state index >= 15 is 0 Å². The molecule has 0 amide bonds. The molecule has 3 heterocycles. The third kappa shape index (κ3) is 3.49. The van der Waals surface area contributed by atoms with Crippen LogP contribution in [0.25, 0.3) is 11.5 Å². The molecule has 2 saturated heterocycles. The Morgan fingerprint density at radius 3 is 2.78 bits per heavy atom. The fourth-order valence-corrected chi connectivity index (χ4v) is 5.09. The number of nitrogens with one attached hydrogen (secondary N) is 1. The maximum absolute atomic E-state index is 14.3. The zero-order chi connectivity index (χ0) is 19.0. The molecule has 0 bridgehead atoms. The number of hydrogen-bond acceptors (Lipinski definition) is 7. The molecule has 0 aliphatic carbocycles. The second kappa shape index (κ2) is 7.27. The predicted molar refractivity (Wildman–Crippen MR) is 95.9 cm³/mol. The van der Waals surface area contributed by atoms with Crippen LogP contribution in [0.3, 0.4) is 0 Å². The SMILES string of the molecule is CN1CCNCC1c1noc(-c2ccc(F)c(S(=O)(=O)N3CCCC3)c2)n1. The summed E-state index contributed by atoms with van der Waals surface area (Å²) in [7, 11) is -1.89. The fourth-order valence-electron chi connectivity index (χ4n) is 3.48. The Hall–Kier alpha value is -1.88. The Bertz CT molecular complexity index is 926. The zero-order valence-corrected chi connectivity index (χ0v) is 15.9. The van der Waals surface area contributed by atoms with Gasteiger partial charge in [-0.15, -0.1) is 0 Å². The van der Waals surface area contributed by atoms with E-state index in [0.717, 1.165) is 32.0 Å². The van der Waals surface area contributed by atoms with Gasteiger partial charge in [-0.2, -0.15) is 9.29 Å². The predicted octanol–water partition coefficient (Wildman–Crippen LogP) is 1.24. The molecule has 2 aliphatic heterocycles. The Morgan fingerprint density at radius 2 is 2.04 bits per heavy atom. The smallest absolute Gasteiger partial charge is 0.258 e. The minimum Gasteiger partial charge on any atom is -0.334 e. The molecule has 1 unspecified atom stereocenters. The first-order chi connectivity index (χ1) is 13.0. The molecule has 1 aromatic heterocycles. The summed E-state index contributed by atoms with van der Waals surface area (Å²) in [5.74, 6) is -0.0728. The summed E-state index contributed by atoms with van der Waals surface area (Å²) >= 11 is 0. The van der Waals surface area contributed by atoms with Gasteiger partial charge in [0, 0.05) is 38.3 Å². The summed E-state index contributed by atoms with van der Waals surface area (Å²) in [5.41, 5.74) is 0.388. The van der Waals surface area contributed by atoms with E-state index in [1.807, 2.05) is 7.05 Å². The number of piperazine rings is 1. The molecule has 2 aliphatic rings. The lowest BCUT2D eigenvalue weighted by Gasteiger charge is -2.30. The molecule has 0 saturated carbocycles. The lowest BCUT2D eigenvalue weighted by Crippen LogP contribution is -2.44. The Labute approximate surface area is 157 Å². The van der Waals surface area contributed by atoms with E-state index in [4.69, 9.17) is 4.52 Å². The van der Waals surface area contributed by atoms with Gasteiger partial charge in [-0.3, -0.25) is 4.90 Å². The summed E-state index contributed by atoms with van der Waals surface area (Å²) in [5, 5.41) is 7.32. The minimum atomic E-state index is -3.87. The van der Waals surface area contributed by atoms with Gasteiger partial charge in [-0.1, -0.05) is 5.16 Å². The first-order valence-corrected chi connectivity index (χ1v) is 10.5. The third-order valence-corrected chi connectivity index (χ3v) is 7.03. The number of hydrogen-bond donors (Lipinski definition) is 1. The van der Waals surface area contributed by atoms with Crippen LogP contribution >= 0.6 is 0 Å². The number of aromatic nitrogens is 2. The van der Waals surface area contributed by atoms with Gasteiger partial charge in [0.15, 0.2) is 5.82 Å². The number of halogens is 1. The van der Waals surface area contributed by atoms with Crippen LogP contribution in [0.1, 0.15) is 24.7 Å². The summed E-state index contributed by atoms with van der Waals surface area (Å²) in [6.07, 6.45) is 1.58. The van der Waals surface area contributed by atoms with Gasteiger partial charge in [0.2, 0.25) is 10.0 Å². The quantitative estimate of drug-likeness (QED) is 0.833. The van der Waals surface area contributed by atoms with Crippen LogP contribution in [0.15, 0.2) is 27.6 Å². The van der Waals surface area contributed by atoms with Crippen molar-refractivity contribution in [1.82, 2.24) is 24.7 Å². The second-order valence-electron chi connectivity index (χ2n) is 6.91.